The fraction of sp³-hybridized carbons (Fsp3) is 0.625. The molecule has 88 valence electrons. The fourth-order valence-electron chi connectivity index (χ4n) is 0.882. The Morgan fingerprint density at radius 1 is 1.44 bits per heavy atom. The lowest BCUT2D eigenvalue weighted by Gasteiger charge is -2.05. The van der Waals surface area contributed by atoms with Crippen LogP contribution in [0, 0.1) is 11.3 Å². The molecule has 0 saturated heterocycles. The second-order valence-electron chi connectivity index (χ2n) is 2.86. The van der Waals surface area contributed by atoms with E-state index in [9.17, 15) is 13.2 Å². The quantitative estimate of drug-likeness (QED) is 0.718. The van der Waals surface area contributed by atoms with Crippen LogP contribution in [0.2, 0.25) is 0 Å². The summed E-state index contributed by atoms with van der Waals surface area (Å²) >= 11 is 0. The van der Waals surface area contributed by atoms with Gasteiger partial charge in [0.2, 0.25) is 5.89 Å². The SMILES string of the molecule is N#CCc1nc(CCOCC(F)(F)F)no1. The van der Waals surface area contributed by atoms with Crippen molar-refractivity contribution in [2.24, 2.45) is 0 Å². The third-order valence-electron chi connectivity index (χ3n) is 1.48. The van der Waals surface area contributed by atoms with E-state index in [0.717, 1.165) is 0 Å². The van der Waals surface area contributed by atoms with Gasteiger partial charge in [0.1, 0.15) is 13.0 Å². The van der Waals surface area contributed by atoms with Crippen molar-refractivity contribution >= 4 is 0 Å². The molecule has 0 spiro atoms. The molecule has 1 rings (SSSR count). The molecule has 0 atom stereocenters. The monoisotopic (exact) mass is 235 g/mol. The summed E-state index contributed by atoms with van der Waals surface area (Å²) in [7, 11) is 0. The minimum absolute atomic E-state index is 0.0175. The van der Waals surface area contributed by atoms with E-state index in [1.54, 1.807) is 0 Å². The van der Waals surface area contributed by atoms with Crippen LogP contribution in [0.15, 0.2) is 4.52 Å². The molecule has 0 fully saturated rings. The normalized spacial score (nSPS) is 11.4. The van der Waals surface area contributed by atoms with E-state index in [4.69, 9.17) is 5.26 Å². The van der Waals surface area contributed by atoms with E-state index in [1.807, 2.05) is 6.07 Å². The Bertz CT molecular complexity index is 369. The number of hydrogen-bond acceptors (Lipinski definition) is 5. The molecule has 0 aliphatic carbocycles. The third-order valence-corrected chi connectivity index (χ3v) is 1.48. The van der Waals surface area contributed by atoms with Gasteiger partial charge in [-0.2, -0.15) is 23.4 Å². The van der Waals surface area contributed by atoms with Crippen molar-refractivity contribution in [1.82, 2.24) is 10.1 Å². The number of ether oxygens (including phenoxy) is 1. The first-order valence-electron chi connectivity index (χ1n) is 4.34. The summed E-state index contributed by atoms with van der Waals surface area (Å²) in [5, 5.41) is 11.8. The Morgan fingerprint density at radius 2 is 2.19 bits per heavy atom. The standard InChI is InChI=1S/C8H8F3N3O2/c9-8(10,11)5-15-4-2-6-13-7(1-3-12)16-14-6/h1-2,4-5H2. The number of halogens is 3. The van der Waals surface area contributed by atoms with Crippen LogP contribution in [0.5, 0.6) is 0 Å². The maximum atomic E-state index is 11.7. The van der Waals surface area contributed by atoms with Gasteiger partial charge < -0.3 is 9.26 Å². The Kier molecular flexibility index (Phi) is 4.25. The first-order chi connectivity index (χ1) is 7.51. The van der Waals surface area contributed by atoms with Crippen LogP contribution in [0.25, 0.3) is 0 Å². The van der Waals surface area contributed by atoms with Crippen molar-refractivity contribution in [3.63, 3.8) is 0 Å². The molecule has 0 bridgehead atoms. The number of rotatable bonds is 5. The van der Waals surface area contributed by atoms with Gasteiger partial charge in [-0.05, 0) is 0 Å². The van der Waals surface area contributed by atoms with Gasteiger partial charge in [-0.15, -0.1) is 0 Å². The second-order valence-corrected chi connectivity index (χ2v) is 2.86. The van der Waals surface area contributed by atoms with Crippen LogP contribution in [0.4, 0.5) is 13.2 Å². The zero-order valence-corrected chi connectivity index (χ0v) is 8.12. The molecule has 0 N–H and O–H groups in total. The van der Waals surface area contributed by atoms with Crippen LogP contribution in [-0.2, 0) is 17.6 Å². The number of nitriles is 1. The molecule has 0 saturated carbocycles. The molecule has 8 heteroatoms. The Hall–Kier alpha value is -1.62. The van der Waals surface area contributed by atoms with Crippen LogP contribution in [0.1, 0.15) is 11.7 Å². The highest BCUT2D eigenvalue weighted by Crippen LogP contribution is 2.14. The highest BCUT2D eigenvalue weighted by Gasteiger charge is 2.27. The zero-order chi connectivity index (χ0) is 12.0. The maximum Gasteiger partial charge on any atom is 0.411 e. The van der Waals surface area contributed by atoms with Crippen molar-refractivity contribution in [1.29, 1.82) is 5.26 Å². The van der Waals surface area contributed by atoms with Gasteiger partial charge in [-0.25, -0.2) is 0 Å². The van der Waals surface area contributed by atoms with Gasteiger partial charge in [0.15, 0.2) is 5.82 Å². The molecule has 5 nitrogen and oxygen atoms in total. The molecule has 0 aliphatic rings. The van der Waals surface area contributed by atoms with Crippen LogP contribution < -0.4 is 0 Å². The number of nitrogens with zero attached hydrogens (tertiary/aromatic N) is 3. The van der Waals surface area contributed by atoms with E-state index in [2.05, 4.69) is 19.4 Å². The average molecular weight is 235 g/mol. The highest BCUT2D eigenvalue weighted by atomic mass is 19.4. The predicted octanol–water partition coefficient (Wildman–Crippen LogP) is 1.26. The smallest absolute Gasteiger partial charge is 0.372 e. The van der Waals surface area contributed by atoms with Crippen molar-refractivity contribution in [2.45, 2.75) is 19.0 Å². The summed E-state index contributed by atoms with van der Waals surface area (Å²) < 4.78 is 44.0. The van der Waals surface area contributed by atoms with Crippen molar-refractivity contribution in [3.8, 4) is 6.07 Å². The number of hydrogen-bond donors (Lipinski definition) is 0. The van der Waals surface area contributed by atoms with Gasteiger partial charge in [0.05, 0.1) is 12.7 Å². The molecule has 0 aliphatic heterocycles. The molecular weight excluding hydrogens is 227 g/mol. The summed E-state index contributed by atoms with van der Waals surface area (Å²) in [6, 6.07) is 1.81. The highest BCUT2D eigenvalue weighted by molar-refractivity contribution is 4.93. The molecule has 0 aromatic carbocycles. The Morgan fingerprint density at radius 3 is 2.81 bits per heavy atom. The van der Waals surface area contributed by atoms with E-state index >= 15 is 0 Å². The molecule has 1 aromatic rings. The summed E-state index contributed by atoms with van der Waals surface area (Å²) in [5.41, 5.74) is 0. The topological polar surface area (TPSA) is 71.9 Å². The van der Waals surface area contributed by atoms with E-state index in [0.29, 0.717) is 0 Å². The van der Waals surface area contributed by atoms with Gasteiger partial charge in [-0.1, -0.05) is 5.16 Å². The van der Waals surface area contributed by atoms with Crippen molar-refractivity contribution in [3.05, 3.63) is 11.7 Å². The largest absolute Gasteiger partial charge is 0.411 e. The minimum atomic E-state index is -4.33. The van der Waals surface area contributed by atoms with E-state index in [1.165, 1.54) is 0 Å². The lowest BCUT2D eigenvalue weighted by Crippen LogP contribution is -2.18. The fourth-order valence-corrected chi connectivity index (χ4v) is 0.882. The van der Waals surface area contributed by atoms with Gasteiger partial charge in [-0.3, -0.25) is 0 Å². The minimum Gasteiger partial charge on any atom is -0.372 e. The van der Waals surface area contributed by atoms with E-state index < -0.39 is 12.8 Å². The summed E-state index contributed by atoms with van der Waals surface area (Å²) in [6.07, 6.45) is -4.23. The first kappa shape index (κ1) is 12.4. The molecule has 0 unspecified atom stereocenters. The number of alkyl halides is 3. The lowest BCUT2D eigenvalue weighted by atomic mass is 10.4. The molecular formula is C8H8F3N3O2. The Balaban J connectivity index is 2.25. The van der Waals surface area contributed by atoms with Gasteiger partial charge >= 0.3 is 6.18 Å². The molecule has 0 radical (unpaired) electrons. The molecule has 16 heavy (non-hydrogen) atoms. The third kappa shape index (κ3) is 4.75. The predicted molar refractivity (Wildman–Crippen MR) is 44.2 cm³/mol. The van der Waals surface area contributed by atoms with Crippen LogP contribution in [0.3, 0.4) is 0 Å². The number of aromatic nitrogens is 2. The average Bonchev–Trinajstić information content (AvgIpc) is 2.60. The molecule has 0 amide bonds. The van der Waals surface area contributed by atoms with Gasteiger partial charge in [0, 0.05) is 6.42 Å². The summed E-state index contributed by atoms with van der Waals surface area (Å²) in [6.45, 7) is -1.44. The maximum absolute atomic E-state index is 11.7. The van der Waals surface area contributed by atoms with Crippen LogP contribution >= 0.6 is 0 Å². The summed E-state index contributed by atoms with van der Waals surface area (Å²) in [4.78, 5) is 3.77. The zero-order valence-electron chi connectivity index (χ0n) is 8.12. The van der Waals surface area contributed by atoms with Crippen molar-refractivity contribution in [2.75, 3.05) is 13.2 Å². The van der Waals surface area contributed by atoms with Gasteiger partial charge in [0.25, 0.3) is 0 Å². The first-order valence-corrected chi connectivity index (χ1v) is 4.34. The van der Waals surface area contributed by atoms with E-state index in [-0.39, 0.29) is 31.2 Å². The Labute approximate surface area is 88.8 Å². The molecule has 1 heterocycles. The summed E-state index contributed by atoms with van der Waals surface area (Å²) in [5.74, 6) is 0.376. The second kappa shape index (κ2) is 5.46. The lowest BCUT2D eigenvalue weighted by molar-refractivity contribution is -0.173. The van der Waals surface area contributed by atoms with Crippen LogP contribution in [-0.4, -0.2) is 29.5 Å². The van der Waals surface area contributed by atoms with Crippen molar-refractivity contribution < 1.29 is 22.4 Å². The molecule has 1 aromatic heterocycles.